The second kappa shape index (κ2) is 5.53. The van der Waals surface area contributed by atoms with E-state index >= 15 is 0 Å². The van der Waals surface area contributed by atoms with Gasteiger partial charge in [0, 0.05) is 0 Å². The molecule has 0 aromatic heterocycles. The second-order valence-corrected chi connectivity index (χ2v) is 5.26. The molecule has 94 valence electrons. The van der Waals surface area contributed by atoms with Crippen LogP contribution >= 0.6 is 0 Å². The van der Waals surface area contributed by atoms with Gasteiger partial charge in [-0.2, -0.15) is 0 Å². The van der Waals surface area contributed by atoms with Gasteiger partial charge in [-0.15, -0.1) is 0 Å². The zero-order valence-electron chi connectivity index (χ0n) is 10.7. The lowest BCUT2D eigenvalue weighted by atomic mass is 9.86. The topological polar surface area (TPSA) is 55.6 Å². The Kier molecular flexibility index (Phi) is 4.59. The highest BCUT2D eigenvalue weighted by molar-refractivity contribution is 5.65. The molecule has 2 N–H and O–H groups in total. The number of nitrogens with two attached hydrogens (primary N) is 1. The molecule has 1 aliphatic rings. The quantitative estimate of drug-likeness (QED) is 0.800. The van der Waals surface area contributed by atoms with Crippen LogP contribution in [-0.4, -0.2) is 36.2 Å². The minimum atomic E-state index is -0.670. The number of hydrogen-bond donors (Lipinski definition) is 1. The van der Waals surface area contributed by atoms with Gasteiger partial charge >= 0.3 is 6.09 Å². The second-order valence-electron chi connectivity index (χ2n) is 5.26. The van der Waals surface area contributed by atoms with E-state index in [-0.39, 0.29) is 0 Å². The monoisotopic (exact) mass is 228 g/mol. The molecule has 1 aliphatic heterocycles. The van der Waals surface area contributed by atoms with Crippen molar-refractivity contribution in [2.24, 2.45) is 11.7 Å². The van der Waals surface area contributed by atoms with Crippen molar-refractivity contribution in [3.05, 3.63) is 0 Å². The summed E-state index contributed by atoms with van der Waals surface area (Å²) in [6, 6.07) is 0. The van der Waals surface area contributed by atoms with Crippen molar-refractivity contribution in [3.8, 4) is 0 Å². The zero-order chi connectivity index (χ0) is 12.2. The summed E-state index contributed by atoms with van der Waals surface area (Å²) < 4.78 is 5.12. The fourth-order valence-corrected chi connectivity index (χ4v) is 2.52. The standard InChI is InChI=1S/C12H24N2O2/c1-4-14-7-5-10(6-8-14)9-12(2,3)16-11(13)15/h10H,4-9H2,1-3H3,(H2,13,15). The van der Waals surface area contributed by atoms with Gasteiger partial charge in [0.25, 0.3) is 0 Å². The highest BCUT2D eigenvalue weighted by Gasteiger charge is 2.28. The van der Waals surface area contributed by atoms with Crippen molar-refractivity contribution in [2.75, 3.05) is 19.6 Å². The highest BCUT2D eigenvalue weighted by atomic mass is 16.6. The Morgan fingerprint density at radius 2 is 2.00 bits per heavy atom. The summed E-state index contributed by atoms with van der Waals surface area (Å²) >= 11 is 0. The van der Waals surface area contributed by atoms with Crippen LogP contribution in [0.25, 0.3) is 0 Å². The summed E-state index contributed by atoms with van der Waals surface area (Å²) in [7, 11) is 0. The largest absolute Gasteiger partial charge is 0.444 e. The molecule has 0 aromatic rings. The summed E-state index contributed by atoms with van der Waals surface area (Å²) in [5.74, 6) is 0.650. The molecule has 1 rings (SSSR count). The molecule has 0 atom stereocenters. The zero-order valence-corrected chi connectivity index (χ0v) is 10.7. The number of amides is 1. The van der Waals surface area contributed by atoms with Crippen LogP contribution in [0.15, 0.2) is 0 Å². The van der Waals surface area contributed by atoms with E-state index in [2.05, 4.69) is 11.8 Å². The Hall–Kier alpha value is -0.770. The van der Waals surface area contributed by atoms with Gasteiger partial charge in [0.2, 0.25) is 0 Å². The van der Waals surface area contributed by atoms with Crippen LogP contribution in [0.2, 0.25) is 0 Å². The lowest BCUT2D eigenvalue weighted by molar-refractivity contribution is 0.0174. The first kappa shape index (κ1) is 13.3. The summed E-state index contributed by atoms with van der Waals surface area (Å²) in [5.41, 5.74) is 4.63. The average Bonchev–Trinajstić information content (AvgIpc) is 2.16. The van der Waals surface area contributed by atoms with Crippen LogP contribution < -0.4 is 5.73 Å². The minimum absolute atomic E-state index is 0.426. The van der Waals surface area contributed by atoms with Gasteiger partial charge in [-0.1, -0.05) is 6.92 Å². The van der Waals surface area contributed by atoms with Crippen LogP contribution in [-0.2, 0) is 4.74 Å². The molecule has 4 heteroatoms. The van der Waals surface area contributed by atoms with E-state index < -0.39 is 11.7 Å². The van der Waals surface area contributed by atoms with E-state index in [1.807, 2.05) is 13.8 Å². The number of carbonyl (C=O) groups excluding carboxylic acids is 1. The SMILES string of the molecule is CCN1CCC(CC(C)(C)OC(N)=O)CC1. The fraction of sp³-hybridized carbons (Fsp3) is 0.917. The van der Waals surface area contributed by atoms with Crippen molar-refractivity contribution < 1.29 is 9.53 Å². The van der Waals surface area contributed by atoms with Crippen molar-refractivity contribution in [2.45, 2.75) is 45.6 Å². The maximum absolute atomic E-state index is 10.7. The van der Waals surface area contributed by atoms with Crippen molar-refractivity contribution >= 4 is 6.09 Å². The molecular weight excluding hydrogens is 204 g/mol. The lowest BCUT2D eigenvalue weighted by Crippen LogP contribution is -2.38. The number of carbonyl (C=O) groups is 1. The molecule has 1 heterocycles. The van der Waals surface area contributed by atoms with E-state index in [9.17, 15) is 4.79 Å². The van der Waals surface area contributed by atoms with Gasteiger partial charge in [-0.25, -0.2) is 4.79 Å². The summed E-state index contributed by atoms with van der Waals surface area (Å²) in [5, 5.41) is 0. The maximum atomic E-state index is 10.7. The van der Waals surface area contributed by atoms with Crippen molar-refractivity contribution in [1.29, 1.82) is 0 Å². The number of likely N-dealkylation sites (tertiary alicyclic amines) is 1. The number of primary amides is 1. The lowest BCUT2D eigenvalue weighted by Gasteiger charge is -2.35. The third kappa shape index (κ3) is 4.39. The van der Waals surface area contributed by atoms with Crippen LogP contribution in [0.3, 0.4) is 0 Å². The summed E-state index contributed by atoms with van der Waals surface area (Å²) in [6.45, 7) is 9.52. The number of piperidine rings is 1. The predicted octanol–water partition coefficient (Wildman–Crippen LogP) is 1.98. The van der Waals surface area contributed by atoms with Gasteiger partial charge in [-0.3, -0.25) is 0 Å². The summed E-state index contributed by atoms with van der Waals surface area (Å²) in [4.78, 5) is 13.2. The van der Waals surface area contributed by atoms with Gasteiger partial charge in [0.15, 0.2) is 0 Å². The Morgan fingerprint density at radius 3 is 2.44 bits per heavy atom. The maximum Gasteiger partial charge on any atom is 0.405 e. The van der Waals surface area contributed by atoms with E-state index in [0.29, 0.717) is 5.92 Å². The molecule has 0 bridgehead atoms. The van der Waals surface area contributed by atoms with E-state index in [4.69, 9.17) is 10.5 Å². The third-order valence-electron chi connectivity index (χ3n) is 3.31. The van der Waals surface area contributed by atoms with Gasteiger partial charge in [-0.05, 0) is 58.7 Å². The molecule has 1 fully saturated rings. The number of nitrogens with zero attached hydrogens (tertiary/aromatic N) is 1. The molecular formula is C12H24N2O2. The highest BCUT2D eigenvalue weighted by Crippen LogP contribution is 2.28. The first-order chi connectivity index (χ1) is 7.43. The van der Waals surface area contributed by atoms with Gasteiger partial charge < -0.3 is 15.4 Å². The van der Waals surface area contributed by atoms with E-state index in [0.717, 1.165) is 26.1 Å². The normalized spacial score (nSPS) is 19.7. The van der Waals surface area contributed by atoms with Crippen LogP contribution in [0.1, 0.15) is 40.0 Å². The van der Waals surface area contributed by atoms with Crippen molar-refractivity contribution in [1.82, 2.24) is 4.90 Å². The Bertz CT molecular complexity index is 233. The molecule has 0 unspecified atom stereocenters. The fourth-order valence-electron chi connectivity index (χ4n) is 2.52. The van der Waals surface area contributed by atoms with Crippen molar-refractivity contribution in [3.63, 3.8) is 0 Å². The minimum Gasteiger partial charge on any atom is -0.444 e. The first-order valence-corrected chi connectivity index (χ1v) is 6.14. The van der Waals surface area contributed by atoms with E-state index in [1.54, 1.807) is 0 Å². The van der Waals surface area contributed by atoms with Gasteiger partial charge in [0.1, 0.15) is 5.60 Å². The molecule has 0 aromatic carbocycles. The summed E-state index contributed by atoms with van der Waals surface area (Å²) in [6.07, 6.45) is 2.63. The molecule has 0 saturated carbocycles. The molecule has 1 amide bonds. The smallest absolute Gasteiger partial charge is 0.405 e. The Morgan fingerprint density at radius 1 is 1.44 bits per heavy atom. The third-order valence-corrected chi connectivity index (χ3v) is 3.31. The molecule has 0 radical (unpaired) electrons. The Labute approximate surface area is 98.1 Å². The first-order valence-electron chi connectivity index (χ1n) is 6.14. The molecule has 0 aliphatic carbocycles. The molecule has 0 spiro atoms. The Balaban J connectivity index is 2.35. The number of rotatable bonds is 4. The number of hydrogen-bond acceptors (Lipinski definition) is 3. The van der Waals surface area contributed by atoms with Crippen LogP contribution in [0.5, 0.6) is 0 Å². The average molecular weight is 228 g/mol. The van der Waals surface area contributed by atoms with Crippen LogP contribution in [0.4, 0.5) is 4.79 Å². The molecule has 4 nitrogen and oxygen atoms in total. The molecule has 1 saturated heterocycles. The molecule has 16 heavy (non-hydrogen) atoms. The predicted molar refractivity (Wildman–Crippen MR) is 64.2 cm³/mol. The van der Waals surface area contributed by atoms with E-state index in [1.165, 1.54) is 12.8 Å². The number of ether oxygens (including phenoxy) is 1. The van der Waals surface area contributed by atoms with Crippen LogP contribution in [0, 0.1) is 5.92 Å². The van der Waals surface area contributed by atoms with Gasteiger partial charge in [0.05, 0.1) is 0 Å².